The van der Waals surface area contributed by atoms with Crippen LogP contribution in [-0.4, -0.2) is 19.7 Å². The number of terminal acetylenes is 1. The smallest absolute Gasteiger partial charge is 0.166 e. The van der Waals surface area contributed by atoms with E-state index in [0.717, 1.165) is 33.0 Å². The van der Waals surface area contributed by atoms with E-state index in [-0.39, 0.29) is 11.6 Å². The lowest BCUT2D eigenvalue weighted by Gasteiger charge is -2.20. The van der Waals surface area contributed by atoms with Crippen LogP contribution in [0, 0.1) is 18.2 Å². The van der Waals surface area contributed by atoms with Gasteiger partial charge in [0, 0.05) is 46.8 Å². The topological polar surface area (TPSA) is 78.9 Å². The van der Waals surface area contributed by atoms with Crippen molar-refractivity contribution in [2.45, 2.75) is 19.4 Å². The maximum absolute atomic E-state index is 14.2. The molecule has 8 heteroatoms. The Hall–Kier alpha value is -3.70. The molecule has 1 aliphatic rings. The molecule has 0 saturated heterocycles. The van der Waals surface area contributed by atoms with E-state index in [4.69, 9.17) is 16.9 Å². The highest BCUT2D eigenvalue weighted by atomic mass is 32.1. The number of nitrogens with two attached hydrogens (primary N) is 1. The van der Waals surface area contributed by atoms with Crippen LogP contribution in [0.3, 0.4) is 0 Å². The number of halogens is 1. The van der Waals surface area contributed by atoms with Crippen LogP contribution >= 0.6 is 11.3 Å². The molecule has 0 radical (unpaired) electrons. The second-order valence-corrected chi connectivity index (χ2v) is 8.28. The quantitative estimate of drug-likeness (QED) is 0.419. The normalized spacial score (nSPS) is 14.8. The predicted octanol–water partition coefficient (Wildman–Crippen LogP) is 4.35. The van der Waals surface area contributed by atoms with Crippen LogP contribution in [0.5, 0.6) is 5.75 Å². The standard InChI is InChI=1S/C23H18FN5OS/c1-4-17-21-13-7-19(23(25)26-10-13)30-12(2)16-8-14(24)5-6-15(16)22-20(31-11-27-22)9-18(21)29(3)28-17/h1,5-8,10-12H,9H2,2-3H3,(H2,25,26). The molecule has 1 atom stereocenters. The number of nitrogen functional groups attached to an aromatic ring is 1. The van der Waals surface area contributed by atoms with Gasteiger partial charge >= 0.3 is 0 Å². The predicted molar refractivity (Wildman–Crippen MR) is 118 cm³/mol. The molecule has 4 heterocycles. The molecule has 1 unspecified atom stereocenters. The van der Waals surface area contributed by atoms with Gasteiger partial charge in [-0.25, -0.2) is 14.4 Å². The summed E-state index contributed by atoms with van der Waals surface area (Å²) in [7, 11) is 1.86. The lowest BCUT2D eigenvalue weighted by atomic mass is 9.96. The van der Waals surface area contributed by atoms with E-state index in [1.807, 2.05) is 20.0 Å². The maximum Gasteiger partial charge on any atom is 0.166 e. The van der Waals surface area contributed by atoms with Gasteiger partial charge in [-0.2, -0.15) is 5.10 Å². The molecule has 5 rings (SSSR count). The summed E-state index contributed by atoms with van der Waals surface area (Å²) < 4.78 is 22.1. The monoisotopic (exact) mass is 431 g/mol. The first kappa shape index (κ1) is 19.3. The molecule has 4 aromatic rings. The highest BCUT2D eigenvalue weighted by Gasteiger charge is 2.25. The highest BCUT2D eigenvalue weighted by molar-refractivity contribution is 7.10. The van der Waals surface area contributed by atoms with Crippen LogP contribution < -0.4 is 10.5 Å². The van der Waals surface area contributed by atoms with Crippen molar-refractivity contribution in [3.05, 3.63) is 63.6 Å². The number of pyridine rings is 1. The Morgan fingerprint density at radius 2 is 2.16 bits per heavy atom. The van der Waals surface area contributed by atoms with Crippen LogP contribution in [0.25, 0.3) is 22.4 Å². The van der Waals surface area contributed by atoms with Crippen molar-refractivity contribution in [1.29, 1.82) is 0 Å². The molecule has 154 valence electrons. The van der Waals surface area contributed by atoms with Crippen molar-refractivity contribution in [2.75, 3.05) is 5.73 Å². The maximum atomic E-state index is 14.2. The minimum absolute atomic E-state index is 0.243. The average molecular weight is 431 g/mol. The molecule has 3 aromatic heterocycles. The number of benzene rings is 1. The van der Waals surface area contributed by atoms with Crippen molar-refractivity contribution in [2.24, 2.45) is 7.05 Å². The minimum atomic E-state index is -0.487. The molecule has 2 N–H and O–H groups in total. The number of nitrogens with zero attached hydrogens (tertiary/aromatic N) is 4. The van der Waals surface area contributed by atoms with Gasteiger partial charge in [-0.1, -0.05) is 0 Å². The Balaban J connectivity index is 1.83. The van der Waals surface area contributed by atoms with Crippen LogP contribution in [-0.2, 0) is 13.5 Å². The molecule has 6 nitrogen and oxygen atoms in total. The second kappa shape index (κ2) is 7.22. The van der Waals surface area contributed by atoms with Crippen molar-refractivity contribution >= 4 is 17.2 Å². The van der Waals surface area contributed by atoms with Gasteiger partial charge in [-0.05, 0) is 37.1 Å². The number of hydrogen-bond acceptors (Lipinski definition) is 6. The van der Waals surface area contributed by atoms with E-state index in [0.29, 0.717) is 23.4 Å². The van der Waals surface area contributed by atoms with Gasteiger partial charge in [-0.15, -0.1) is 17.8 Å². The molecule has 0 spiro atoms. The number of aromatic nitrogens is 4. The Kier molecular flexibility index (Phi) is 4.49. The van der Waals surface area contributed by atoms with Crippen LogP contribution in [0.2, 0.25) is 0 Å². The first-order valence-electron chi connectivity index (χ1n) is 9.63. The largest absolute Gasteiger partial charge is 0.482 e. The first-order valence-corrected chi connectivity index (χ1v) is 10.5. The number of fused-ring (bicyclic) bond motifs is 7. The summed E-state index contributed by atoms with van der Waals surface area (Å²) >= 11 is 1.54. The van der Waals surface area contributed by atoms with Crippen molar-refractivity contribution in [1.82, 2.24) is 19.7 Å². The van der Waals surface area contributed by atoms with Crippen molar-refractivity contribution in [3.63, 3.8) is 0 Å². The van der Waals surface area contributed by atoms with Gasteiger partial charge in [0.25, 0.3) is 0 Å². The van der Waals surface area contributed by atoms with Crippen molar-refractivity contribution < 1.29 is 9.13 Å². The number of thiazole rings is 1. The van der Waals surface area contributed by atoms with Crippen LogP contribution in [0.4, 0.5) is 10.2 Å². The zero-order valence-corrected chi connectivity index (χ0v) is 17.7. The summed E-state index contributed by atoms with van der Waals surface area (Å²) in [6.07, 6.45) is 7.51. The Labute approximate surface area is 182 Å². The molecule has 1 aromatic carbocycles. The van der Waals surface area contributed by atoms with Gasteiger partial charge < -0.3 is 10.5 Å². The van der Waals surface area contributed by atoms with E-state index >= 15 is 0 Å². The third-order valence-electron chi connectivity index (χ3n) is 5.45. The van der Waals surface area contributed by atoms with Crippen LogP contribution in [0.15, 0.2) is 36.0 Å². The molecule has 0 fully saturated rings. The number of ether oxygens (including phenoxy) is 1. The fourth-order valence-electron chi connectivity index (χ4n) is 3.96. The summed E-state index contributed by atoms with van der Waals surface area (Å²) in [4.78, 5) is 9.94. The molecule has 0 amide bonds. The third-order valence-corrected chi connectivity index (χ3v) is 6.29. The van der Waals surface area contributed by atoms with Gasteiger partial charge in [0.2, 0.25) is 0 Å². The number of rotatable bonds is 0. The molecule has 0 saturated carbocycles. The van der Waals surface area contributed by atoms with Gasteiger partial charge in [0.05, 0.1) is 16.9 Å². The minimum Gasteiger partial charge on any atom is -0.482 e. The summed E-state index contributed by atoms with van der Waals surface area (Å²) in [6.45, 7) is 1.85. The third kappa shape index (κ3) is 3.14. The molecular weight excluding hydrogens is 413 g/mol. The number of hydrogen-bond donors (Lipinski definition) is 1. The molecule has 0 aliphatic carbocycles. The van der Waals surface area contributed by atoms with Crippen molar-refractivity contribution in [3.8, 4) is 40.5 Å². The van der Waals surface area contributed by atoms with Gasteiger partial charge in [0.15, 0.2) is 11.6 Å². The van der Waals surface area contributed by atoms with Gasteiger partial charge in [0.1, 0.15) is 17.6 Å². The molecular formula is C23H18FN5OS. The number of anilines is 1. The zero-order chi connectivity index (χ0) is 21.7. The van der Waals surface area contributed by atoms with E-state index in [1.54, 1.807) is 22.5 Å². The van der Waals surface area contributed by atoms with E-state index in [9.17, 15) is 4.39 Å². The average Bonchev–Trinajstić information content (AvgIpc) is 3.33. The lowest BCUT2D eigenvalue weighted by molar-refractivity contribution is 0.227. The Bertz CT molecular complexity index is 1370. The molecule has 31 heavy (non-hydrogen) atoms. The van der Waals surface area contributed by atoms with E-state index in [1.165, 1.54) is 23.5 Å². The Morgan fingerprint density at radius 3 is 2.97 bits per heavy atom. The second-order valence-electron chi connectivity index (χ2n) is 7.34. The SMILES string of the molecule is C#Cc1nn(C)c2c1-c1cnc(N)c(c1)OC(C)c1cc(F)ccc1-c1ncsc1C2. The lowest BCUT2D eigenvalue weighted by Crippen LogP contribution is -2.09. The van der Waals surface area contributed by atoms with Gasteiger partial charge in [-0.3, -0.25) is 4.68 Å². The fraction of sp³-hybridized carbons (Fsp3) is 0.174. The summed E-state index contributed by atoms with van der Waals surface area (Å²) in [6, 6.07) is 6.47. The highest BCUT2D eigenvalue weighted by Crippen LogP contribution is 2.40. The fourth-order valence-corrected chi connectivity index (χ4v) is 4.74. The number of aryl methyl sites for hydroxylation is 1. The summed E-state index contributed by atoms with van der Waals surface area (Å²) in [5.41, 5.74) is 13.2. The van der Waals surface area contributed by atoms with E-state index < -0.39 is 6.10 Å². The summed E-state index contributed by atoms with van der Waals surface area (Å²) in [5, 5.41) is 4.52. The molecule has 1 aliphatic heterocycles. The zero-order valence-electron chi connectivity index (χ0n) is 16.9. The van der Waals surface area contributed by atoms with E-state index in [2.05, 4.69) is 21.0 Å². The Morgan fingerprint density at radius 1 is 1.32 bits per heavy atom. The summed E-state index contributed by atoms with van der Waals surface area (Å²) in [5.74, 6) is 2.98. The van der Waals surface area contributed by atoms with Crippen LogP contribution in [0.1, 0.15) is 34.9 Å². The first-order chi connectivity index (χ1) is 15.0. The molecule has 2 bridgehead atoms.